The number of nitrogens with zero attached hydrogens (tertiary/aromatic N) is 1. The zero-order valence-corrected chi connectivity index (χ0v) is 26.4. The normalized spacial score (nSPS) is 26.6. The minimum atomic E-state index is -1.23. The number of unbranched alkanes of at least 4 members (excludes halogenated alkanes) is 1. The van der Waals surface area contributed by atoms with Gasteiger partial charge in [-0.25, -0.2) is 4.79 Å². The highest BCUT2D eigenvalue weighted by Crippen LogP contribution is 2.65. The molecule has 2 heterocycles. The first kappa shape index (κ1) is 35.2. The van der Waals surface area contributed by atoms with E-state index in [2.05, 4.69) is 15.5 Å². The summed E-state index contributed by atoms with van der Waals surface area (Å²) in [7, 11) is 3.58. The fourth-order valence-electron chi connectivity index (χ4n) is 7.51. The highest BCUT2D eigenvalue weighted by Gasteiger charge is 2.72. The topological polar surface area (TPSA) is 179 Å². The monoisotopic (exact) mass is 644 g/mol. The van der Waals surface area contributed by atoms with Crippen molar-refractivity contribution in [3.05, 3.63) is 35.1 Å². The lowest BCUT2D eigenvalue weighted by molar-refractivity contribution is -0.175. The molecule has 1 aromatic carbocycles. The van der Waals surface area contributed by atoms with E-state index in [1.54, 1.807) is 13.2 Å². The van der Waals surface area contributed by atoms with E-state index in [9.17, 15) is 24.3 Å². The fourth-order valence-corrected chi connectivity index (χ4v) is 7.51. The van der Waals surface area contributed by atoms with Gasteiger partial charge in [-0.3, -0.25) is 14.4 Å². The van der Waals surface area contributed by atoms with Crippen molar-refractivity contribution in [3.8, 4) is 11.5 Å². The van der Waals surface area contributed by atoms with Crippen molar-refractivity contribution < 1.29 is 43.2 Å². The predicted octanol–water partition coefficient (Wildman–Crippen LogP) is 1.22. The summed E-state index contributed by atoms with van der Waals surface area (Å²) in [6, 6.07) is 3.01. The number of rotatable bonds is 13. The number of methoxy groups -OCH3 is 1. The van der Waals surface area contributed by atoms with E-state index in [1.807, 2.05) is 19.2 Å². The molecule has 2 bridgehead atoms. The summed E-state index contributed by atoms with van der Waals surface area (Å²) in [5.41, 5.74) is 5.54. The first-order chi connectivity index (χ1) is 21.5. The molecule has 2 amide bonds. The number of ether oxygens (including phenoxy) is 4. The number of nitrogens with one attached hydrogen (secondary N) is 2. The summed E-state index contributed by atoms with van der Waals surface area (Å²) in [6.07, 6.45) is 2.85. The van der Waals surface area contributed by atoms with E-state index >= 15 is 0 Å². The Morgan fingerprint density at radius 2 is 2.00 bits per heavy atom. The van der Waals surface area contributed by atoms with Gasteiger partial charge in [0.1, 0.15) is 11.8 Å². The number of carbonyl (C=O) groups excluding carboxylic acids is 4. The second kappa shape index (κ2) is 14.0. The summed E-state index contributed by atoms with van der Waals surface area (Å²) in [6.45, 7) is 3.92. The molecule has 46 heavy (non-hydrogen) atoms. The van der Waals surface area contributed by atoms with Crippen molar-refractivity contribution in [1.29, 1.82) is 0 Å². The smallest absolute Gasteiger partial charge is 0.352 e. The third-order valence-electron chi connectivity index (χ3n) is 9.69. The standard InChI is InChI=1S/C32H44N4O9.CH4/c1-18(43-25(38)11-15-34-29(39)21(35-19(2)37)7-5-6-14-33)30(40)44-23-10-12-32(41)24-17-20-8-9-22(42-4)27-26(20)31(32,28(23)45-27)13-16-36(24)3;/h8-10,18,21,24,28,41H,5-7,11-17,33H2,1-4H3,(H,34,39)(H,35,37);1H4/t18-,21-,24+,28-,31-,32+;/m0./s1. The second-order valence-electron chi connectivity index (χ2n) is 12.4. The summed E-state index contributed by atoms with van der Waals surface area (Å²) in [5, 5.41) is 17.5. The minimum Gasteiger partial charge on any atom is -0.493 e. The number of esters is 2. The lowest BCUT2D eigenvalue weighted by Crippen LogP contribution is -2.74. The van der Waals surface area contributed by atoms with E-state index in [0.29, 0.717) is 43.7 Å². The van der Waals surface area contributed by atoms with Gasteiger partial charge in [0.15, 0.2) is 23.7 Å². The molecular formula is C33H48N4O9. The van der Waals surface area contributed by atoms with Gasteiger partial charge in [-0.05, 0) is 76.9 Å². The van der Waals surface area contributed by atoms with Gasteiger partial charge in [-0.15, -0.1) is 0 Å². The van der Waals surface area contributed by atoms with Crippen LogP contribution in [0.4, 0.5) is 0 Å². The molecule has 2 aliphatic heterocycles. The molecule has 13 nitrogen and oxygen atoms in total. The molecule has 6 atom stereocenters. The number of piperidine rings is 1. The van der Waals surface area contributed by atoms with Gasteiger partial charge >= 0.3 is 11.9 Å². The molecule has 1 fully saturated rings. The Morgan fingerprint density at radius 1 is 1.24 bits per heavy atom. The number of hydrogen-bond acceptors (Lipinski definition) is 11. The molecule has 2 aliphatic carbocycles. The van der Waals surface area contributed by atoms with E-state index < -0.39 is 47.1 Å². The molecule has 13 heteroatoms. The molecule has 1 spiro atoms. The molecule has 254 valence electrons. The summed E-state index contributed by atoms with van der Waals surface area (Å²) in [5.74, 6) is -0.844. The fraction of sp³-hybridized carbons (Fsp3) is 0.636. The highest BCUT2D eigenvalue weighted by molar-refractivity contribution is 5.87. The number of carbonyl (C=O) groups is 4. The Bertz CT molecular complexity index is 1380. The largest absolute Gasteiger partial charge is 0.493 e. The summed E-state index contributed by atoms with van der Waals surface area (Å²) in [4.78, 5) is 52.0. The zero-order valence-electron chi connectivity index (χ0n) is 26.4. The minimum absolute atomic E-state index is 0. The lowest BCUT2D eigenvalue weighted by atomic mass is 9.50. The molecule has 5 rings (SSSR count). The van der Waals surface area contributed by atoms with Gasteiger partial charge in [-0.1, -0.05) is 13.5 Å². The third-order valence-corrected chi connectivity index (χ3v) is 9.69. The molecule has 4 aliphatic rings. The van der Waals surface area contributed by atoms with Crippen molar-refractivity contribution >= 4 is 23.8 Å². The van der Waals surface area contributed by atoms with Crippen LogP contribution >= 0.6 is 0 Å². The van der Waals surface area contributed by atoms with E-state index in [-0.39, 0.29) is 44.5 Å². The van der Waals surface area contributed by atoms with Crippen molar-refractivity contribution in [2.45, 2.75) is 102 Å². The van der Waals surface area contributed by atoms with Crippen molar-refractivity contribution in [3.63, 3.8) is 0 Å². The SMILES string of the molecule is C.COc1ccc2c3c1O[C@H]1C(OC(=O)[C@H](C)OC(=O)CCNC(=O)[C@H](CCCCN)NC(C)=O)=CC[C@@]4(O)[C@@H](C2)N(C)CC[C@]314. The average Bonchev–Trinajstić information content (AvgIpc) is 3.35. The summed E-state index contributed by atoms with van der Waals surface area (Å²) >= 11 is 0. The van der Waals surface area contributed by atoms with Gasteiger partial charge in [0.25, 0.3) is 0 Å². The molecular weight excluding hydrogens is 596 g/mol. The third kappa shape index (κ3) is 6.07. The predicted molar refractivity (Wildman–Crippen MR) is 168 cm³/mol. The van der Waals surface area contributed by atoms with Crippen LogP contribution in [-0.2, 0) is 40.5 Å². The molecule has 0 saturated carbocycles. The highest BCUT2D eigenvalue weighted by atomic mass is 16.6. The number of likely N-dealkylation sites (N-methyl/N-ethyl adjacent to an activating group) is 1. The quantitative estimate of drug-likeness (QED) is 0.179. The Balaban J connectivity index is 0.00000480. The van der Waals surface area contributed by atoms with Gasteiger partial charge in [0, 0.05) is 31.5 Å². The Hall–Kier alpha value is -3.68. The lowest BCUT2D eigenvalue weighted by Gasteiger charge is -2.61. The number of nitrogens with two attached hydrogens (primary N) is 1. The van der Waals surface area contributed by atoms with Crippen LogP contribution in [0.15, 0.2) is 24.0 Å². The maximum Gasteiger partial charge on any atom is 0.352 e. The first-order valence-corrected chi connectivity index (χ1v) is 15.6. The molecule has 1 aromatic rings. The van der Waals surface area contributed by atoms with Crippen LogP contribution in [-0.4, -0.2) is 97.4 Å². The number of amides is 2. The van der Waals surface area contributed by atoms with E-state index in [4.69, 9.17) is 24.7 Å². The van der Waals surface area contributed by atoms with Crippen LogP contribution in [0.5, 0.6) is 11.5 Å². The molecule has 0 unspecified atom stereocenters. The van der Waals surface area contributed by atoms with E-state index in [1.165, 1.54) is 13.8 Å². The zero-order chi connectivity index (χ0) is 32.5. The van der Waals surface area contributed by atoms with Crippen LogP contribution in [0.2, 0.25) is 0 Å². The van der Waals surface area contributed by atoms with Gasteiger partial charge in [0.2, 0.25) is 11.8 Å². The van der Waals surface area contributed by atoms with Crippen LogP contribution in [0.3, 0.4) is 0 Å². The van der Waals surface area contributed by atoms with Crippen molar-refractivity contribution in [2.75, 3.05) is 33.8 Å². The van der Waals surface area contributed by atoms with Gasteiger partial charge < -0.3 is 45.3 Å². The maximum absolute atomic E-state index is 13.2. The summed E-state index contributed by atoms with van der Waals surface area (Å²) < 4.78 is 23.3. The average molecular weight is 645 g/mol. The molecule has 0 aromatic heterocycles. The van der Waals surface area contributed by atoms with Crippen LogP contribution in [0.1, 0.15) is 70.9 Å². The number of hydrogen-bond donors (Lipinski definition) is 4. The van der Waals surface area contributed by atoms with Gasteiger partial charge in [-0.2, -0.15) is 0 Å². The Morgan fingerprint density at radius 3 is 2.70 bits per heavy atom. The number of aliphatic hydroxyl groups is 1. The Kier molecular flexibility index (Phi) is 10.7. The molecule has 1 saturated heterocycles. The van der Waals surface area contributed by atoms with E-state index in [0.717, 1.165) is 24.1 Å². The Labute approximate surface area is 270 Å². The van der Waals surface area contributed by atoms with Crippen LogP contribution < -0.4 is 25.8 Å². The number of benzene rings is 1. The van der Waals surface area contributed by atoms with Gasteiger partial charge in [0.05, 0.1) is 24.5 Å². The maximum atomic E-state index is 13.2. The molecule has 5 N–H and O–H groups in total. The van der Waals surface area contributed by atoms with Crippen LogP contribution in [0.25, 0.3) is 0 Å². The number of likely N-dealkylation sites (tertiary alicyclic amines) is 1. The first-order valence-electron chi connectivity index (χ1n) is 15.6. The van der Waals surface area contributed by atoms with Crippen molar-refractivity contribution in [2.24, 2.45) is 5.73 Å². The van der Waals surface area contributed by atoms with Crippen LogP contribution in [0, 0.1) is 0 Å². The molecule has 0 radical (unpaired) electrons. The van der Waals surface area contributed by atoms with Crippen molar-refractivity contribution in [1.82, 2.24) is 15.5 Å². The second-order valence-corrected chi connectivity index (χ2v) is 12.4.